The second-order valence-corrected chi connectivity index (χ2v) is 5.10. The summed E-state index contributed by atoms with van der Waals surface area (Å²) in [5.74, 6) is -0.0513. The molecule has 2 rings (SSSR count). The van der Waals surface area contributed by atoms with Crippen LogP contribution in [0.5, 0.6) is 0 Å². The van der Waals surface area contributed by atoms with Crippen LogP contribution in [0.15, 0.2) is 30.3 Å². The lowest BCUT2D eigenvalue weighted by atomic mass is 10.0. The lowest BCUT2D eigenvalue weighted by Crippen LogP contribution is -1.92. The fraction of sp³-hybridized carbons (Fsp3) is 0.412. The van der Waals surface area contributed by atoms with E-state index in [1.165, 1.54) is 24.8 Å². The van der Waals surface area contributed by atoms with Crippen LogP contribution in [0.1, 0.15) is 43.7 Å². The van der Waals surface area contributed by atoms with Crippen LogP contribution >= 0.6 is 0 Å². The fourth-order valence-electron chi connectivity index (χ4n) is 2.37. The van der Waals surface area contributed by atoms with E-state index in [-0.39, 0.29) is 5.82 Å². The first kappa shape index (κ1) is 13.1. The summed E-state index contributed by atoms with van der Waals surface area (Å²) in [7, 11) is 0. The third-order valence-corrected chi connectivity index (χ3v) is 3.46. The van der Waals surface area contributed by atoms with E-state index in [0.717, 1.165) is 29.2 Å². The van der Waals surface area contributed by atoms with Crippen LogP contribution in [-0.4, -0.2) is 0 Å². The second-order valence-electron chi connectivity index (χ2n) is 5.10. The summed E-state index contributed by atoms with van der Waals surface area (Å²) in [6.07, 6.45) is 5.60. The molecule has 0 nitrogen and oxygen atoms in total. The summed E-state index contributed by atoms with van der Waals surface area (Å²) in [4.78, 5) is 0. The van der Waals surface area contributed by atoms with Crippen LogP contribution in [0.3, 0.4) is 0 Å². The zero-order chi connectivity index (χ0) is 13.0. The third-order valence-electron chi connectivity index (χ3n) is 3.46. The summed E-state index contributed by atoms with van der Waals surface area (Å²) in [5.41, 5.74) is 2.04. The highest BCUT2D eigenvalue weighted by Gasteiger charge is 2.04. The van der Waals surface area contributed by atoms with Crippen LogP contribution in [0.2, 0.25) is 0 Å². The minimum atomic E-state index is -0.0513. The van der Waals surface area contributed by atoms with Gasteiger partial charge in [0.15, 0.2) is 0 Å². The Hall–Kier alpha value is -1.37. The molecule has 0 radical (unpaired) electrons. The van der Waals surface area contributed by atoms with E-state index in [4.69, 9.17) is 0 Å². The molecule has 0 bridgehead atoms. The van der Waals surface area contributed by atoms with Crippen LogP contribution in [0, 0.1) is 12.7 Å². The molecule has 0 saturated heterocycles. The number of hydrogen-bond acceptors (Lipinski definition) is 0. The smallest absolute Gasteiger partial charge is 0.127 e. The van der Waals surface area contributed by atoms with Gasteiger partial charge in [0.2, 0.25) is 0 Å². The fourth-order valence-corrected chi connectivity index (χ4v) is 2.37. The van der Waals surface area contributed by atoms with Crippen molar-refractivity contribution in [2.75, 3.05) is 0 Å². The molecule has 0 aliphatic heterocycles. The predicted molar refractivity (Wildman–Crippen MR) is 76.5 cm³/mol. The standard InChI is InChI=1S/C17H21F/c1-3-4-5-6-7-15-11-14-9-8-13(2)10-16(14)12-17(15)18/h8-12H,3-7H2,1-2H3. The van der Waals surface area contributed by atoms with Crippen molar-refractivity contribution < 1.29 is 4.39 Å². The Morgan fingerprint density at radius 1 is 0.944 bits per heavy atom. The zero-order valence-corrected chi connectivity index (χ0v) is 11.3. The van der Waals surface area contributed by atoms with Gasteiger partial charge in [0.05, 0.1) is 0 Å². The van der Waals surface area contributed by atoms with Crippen LogP contribution in [-0.2, 0) is 6.42 Å². The molecule has 0 heterocycles. The summed E-state index contributed by atoms with van der Waals surface area (Å²) in [6.45, 7) is 4.23. The number of unbranched alkanes of at least 4 members (excludes halogenated alkanes) is 3. The van der Waals surface area contributed by atoms with Gasteiger partial charge in [-0.3, -0.25) is 0 Å². The van der Waals surface area contributed by atoms with E-state index < -0.39 is 0 Å². The average molecular weight is 244 g/mol. The molecule has 1 heteroatoms. The van der Waals surface area contributed by atoms with Gasteiger partial charge in [-0.1, -0.05) is 49.9 Å². The Labute approximate surface area is 109 Å². The van der Waals surface area contributed by atoms with Crippen LogP contribution < -0.4 is 0 Å². The van der Waals surface area contributed by atoms with Gasteiger partial charge in [0, 0.05) is 0 Å². The lowest BCUT2D eigenvalue weighted by molar-refractivity contribution is 0.595. The van der Waals surface area contributed by atoms with Crippen molar-refractivity contribution in [3.8, 4) is 0 Å². The van der Waals surface area contributed by atoms with Crippen molar-refractivity contribution >= 4 is 10.8 Å². The van der Waals surface area contributed by atoms with Gasteiger partial charge < -0.3 is 0 Å². The van der Waals surface area contributed by atoms with Gasteiger partial charge in [-0.2, -0.15) is 0 Å². The third kappa shape index (κ3) is 3.10. The zero-order valence-electron chi connectivity index (χ0n) is 11.3. The highest BCUT2D eigenvalue weighted by molar-refractivity contribution is 5.84. The van der Waals surface area contributed by atoms with Gasteiger partial charge in [0.1, 0.15) is 5.82 Å². The highest BCUT2D eigenvalue weighted by atomic mass is 19.1. The summed E-state index contributed by atoms with van der Waals surface area (Å²) < 4.78 is 14.0. The number of fused-ring (bicyclic) bond motifs is 1. The maximum atomic E-state index is 14.0. The summed E-state index contributed by atoms with van der Waals surface area (Å²) >= 11 is 0. The molecule has 0 fully saturated rings. The molecule has 2 aromatic carbocycles. The van der Waals surface area contributed by atoms with Crippen molar-refractivity contribution in [3.63, 3.8) is 0 Å². The normalized spacial score (nSPS) is 11.1. The Balaban J connectivity index is 2.18. The maximum Gasteiger partial charge on any atom is 0.127 e. The SMILES string of the molecule is CCCCCCc1cc2ccc(C)cc2cc1F. The Bertz CT molecular complexity index is 528. The predicted octanol–water partition coefficient (Wildman–Crippen LogP) is 5.41. The van der Waals surface area contributed by atoms with E-state index in [1.807, 2.05) is 19.1 Å². The molecular formula is C17H21F. The topological polar surface area (TPSA) is 0 Å². The Morgan fingerprint density at radius 3 is 2.56 bits per heavy atom. The lowest BCUT2D eigenvalue weighted by Gasteiger charge is -2.06. The number of aryl methyl sites for hydroxylation is 2. The molecule has 0 aliphatic carbocycles. The van der Waals surface area contributed by atoms with Crippen molar-refractivity contribution in [1.29, 1.82) is 0 Å². The monoisotopic (exact) mass is 244 g/mol. The minimum absolute atomic E-state index is 0.0513. The van der Waals surface area contributed by atoms with Gasteiger partial charge in [-0.15, -0.1) is 0 Å². The molecule has 2 aromatic rings. The summed E-state index contributed by atoms with van der Waals surface area (Å²) in [5, 5.41) is 2.15. The number of halogens is 1. The van der Waals surface area contributed by atoms with Crippen LogP contribution in [0.4, 0.5) is 4.39 Å². The molecule has 0 atom stereocenters. The quantitative estimate of drug-likeness (QED) is 0.617. The number of benzene rings is 2. The molecule has 0 unspecified atom stereocenters. The first-order chi connectivity index (χ1) is 8.70. The van der Waals surface area contributed by atoms with E-state index in [0.29, 0.717) is 0 Å². The molecule has 0 N–H and O–H groups in total. The van der Waals surface area contributed by atoms with Crippen molar-refractivity contribution in [1.82, 2.24) is 0 Å². The first-order valence-electron chi connectivity index (χ1n) is 6.89. The van der Waals surface area contributed by atoms with E-state index in [2.05, 4.69) is 19.1 Å². The van der Waals surface area contributed by atoms with Crippen molar-refractivity contribution in [2.24, 2.45) is 0 Å². The van der Waals surface area contributed by atoms with E-state index >= 15 is 0 Å². The molecule has 0 saturated carbocycles. The molecule has 96 valence electrons. The maximum absolute atomic E-state index is 14.0. The van der Waals surface area contributed by atoms with Crippen molar-refractivity contribution in [2.45, 2.75) is 46.0 Å². The van der Waals surface area contributed by atoms with Crippen LogP contribution in [0.25, 0.3) is 10.8 Å². The molecule has 18 heavy (non-hydrogen) atoms. The van der Waals surface area contributed by atoms with E-state index in [9.17, 15) is 4.39 Å². The highest BCUT2D eigenvalue weighted by Crippen LogP contribution is 2.22. The first-order valence-corrected chi connectivity index (χ1v) is 6.89. The number of hydrogen-bond donors (Lipinski definition) is 0. The number of rotatable bonds is 5. The van der Waals surface area contributed by atoms with Gasteiger partial charge in [-0.05, 0) is 48.2 Å². The molecule has 0 amide bonds. The largest absolute Gasteiger partial charge is 0.207 e. The average Bonchev–Trinajstić information content (AvgIpc) is 2.35. The second kappa shape index (κ2) is 5.99. The molecule has 0 spiro atoms. The molecule has 0 aromatic heterocycles. The molecular weight excluding hydrogens is 223 g/mol. The van der Waals surface area contributed by atoms with Gasteiger partial charge in [0.25, 0.3) is 0 Å². The van der Waals surface area contributed by atoms with E-state index in [1.54, 1.807) is 6.07 Å². The summed E-state index contributed by atoms with van der Waals surface area (Å²) in [6, 6.07) is 9.90. The van der Waals surface area contributed by atoms with Crippen molar-refractivity contribution in [3.05, 3.63) is 47.3 Å². The Morgan fingerprint density at radius 2 is 1.78 bits per heavy atom. The molecule has 0 aliphatic rings. The van der Waals surface area contributed by atoms with Gasteiger partial charge >= 0.3 is 0 Å². The Kier molecular flexibility index (Phi) is 4.35. The van der Waals surface area contributed by atoms with Gasteiger partial charge in [-0.25, -0.2) is 4.39 Å². The minimum Gasteiger partial charge on any atom is -0.207 e.